The van der Waals surface area contributed by atoms with E-state index in [2.05, 4.69) is 11.0 Å². The zero-order valence-electron chi connectivity index (χ0n) is 5.29. The van der Waals surface area contributed by atoms with E-state index in [1.54, 1.807) is 7.11 Å². The van der Waals surface area contributed by atoms with Gasteiger partial charge in [-0.25, -0.2) is 0 Å². The zero-order valence-corrected chi connectivity index (χ0v) is 5.29. The van der Waals surface area contributed by atoms with E-state index in [0.29, 0.717) is 0 Å². The molecule has 1 aliphatic heterocycles. The Morgan fingerprint density at radius 2 is 2.50 bits per heavy atom. The van der Waals surface area contributed by atoms with E-state index in [-0.39, 0.29) is 6.23 Å². The summed E-state index contributed by atoms with van der Waals surface area (Å²) in [5.41, 5.74) is 0. The smallest absolute Gasteiger partial charge is 0.132 e. The highest BCUT2D eigenvalue weighted by Gasteiger charge is 2.12. The number of hydrogen-bond acceptors (Lipinski definition) is 2. The summed E-state index contributed by atoms with van der Waals surface area (Å²) < 4.78 is 5.09. The number of hydrogen-bond donors (Lipinski definition) is 0. The van der Waals surface area contributed by atoms with Crippen LogP contribution in [0, 0.1) is 0 Å². The van der Waals surface area contributed by atoms with E-state index >= 15 is 0 Å². The lowest BCUT2D eigenvalue weighted by atomic mass is 10.4. The molecule has 1 heterocycles. The van der Waals surface area contributed by atoms with Gasteiger partial charge in [0.1, 0.15) is 6.23 Å². The first-order chi connectivity index (χ1) is 3.84. The molecule has 2 nitrogen and oxygen atoms in total. The van der Waals surface area contributed by atoms with E-state index < -0.39 is 0 Å². The van der Waals surface area contributed by atoms with Crippen LogP contribution in [0.5, 0.6) is 0 Å². The van der Waals surface area contributed by atoms with Gasteiger partial charge >= 0.3 is 0 Å². The highest BCUT2D eigenvalue weighted by molar-refractivity contribution is 4.92. The maximum absolute atomic E-state index is 5.09. The van der Waals surface area contributed by atoms with Crippen molar-refractivity contribution in [1.82, 2.24) is 4.90 Å². The Labute approximate surface area is 49.7 Å². The monoisotopic (exact) mass is 113 g/mol. The molecule has 0 aliphatic carbocycles. The van der Waals surface area contributed by atoms with Gasteiger partial charge in [0, 0.05) is 20.6 Å². The van der Waals surface area contributed by atoms with Crippen LogP contribution in [0.2, 0.25) is 0 Å². The molecular weight excluding hydrogens is 102 g/mol. The third-order valence-electron chi connectivity index (χ3n) is 1.40. The molecule has 0 amide bonds. The van der Waals surface area contributed by atoms with Crippen molar-refractivity contribution < 1.29 is 4.74 Å². The molecule has 0 spiro atoms. The molecule has 1 aliphatic rings. The Balaban J connectivity index is 2.38. The molecule has 0 aromatic rings. The molecule has 0 aromatic heterocycles. The lowest BCUT2D eigenvalue weighted by molar-refractivity contribution is 0.0215. The number of methoxy groups -OCH3 is 1. The summed E-state index contributed by atoms with van der Waals surface area (Å²) in [6.45, 7) is 0. The van der Waals surface area contributed by atoms with Gasteiger partial charge in [-0.15, -0.1) is 0 Å². The molecule has 2 heteroatoms. The standard InChI is InChI=1S/C6H11NO/c1-7-5-3-4-6(7)8-2/h3,5-6H,4H2,1-2H3. The van der Waals surface area contributed by atoms with Crippen molar-refractivity contribution in [3.8, 4) is 0 Å². The minimum absolute atomic E-state index is 0.287. The van der Waals surface area contributed by atoms with E-state index in [9.17, 15) is 0 Å². The fourth-order valence-electron chi connectivity index (χ4n) is 0.868. The molecule has 46 valence electrons. The zero-order chi connectivity index (χ0) is 5.98. The summed E-state index contributed by atoms with van der Waals surface area (Å²) in [6, 6.07) is 0. The minimum Gasteiger partial charge on any atom is -0.361 e. The van der Waals surface area contributed by atoms with Gasteiger partial charge in [0.05, 0.1) is 0 Å². The molecule has 0 N–H and O–H groups in total. The molecule has 1 rings (SSSR count). The van der Waals surface area contributed by atoms with Crippen LogP contribution in [0.25, 0.3) is 0 Å². The predicted molar refractivity (Wildman–Crippen MR) is 32.3 cm³/mol. The second kappa shape index (κ2) is 2.18. The fourth-order valence-corrected chi connectivity index (χ4v) is 0.868. The number of rotatable bonds is 1. The molecular formula is C6H11NO. The van der Waals surface area contributed by atoms with Crippen molar-refractivity contribution in [1.29, 1.82) is 0 Å². The Bertz CT molecular complexity index is 101. The number of nitrogens with zero attached hydrogens (tertiary/aromatic N) is 1. The topological polar surface area (TPSA) is 12.5 Å². The molecule has 0 aromatic carbocycles. The van der Waals surface area contributed by atoms with Crippen LogP contribution >= 0.6 is 0 Å². The first-order valence-corrected chi connectivity index (χ1v) is 2.76. The van der Waals surface area contributed by atoms with Crippen molar-refractivity contribution in [3.05, 3.63) is 12.3 Å². The Hall–Kier alpha value is -0.500. The van der Waals surface area contributed by atoms with Gasteiger partial charge in [-0.05, 0) is 6.20 Å². The average molecular weight is 113 g/mol. The summed E-state index contributed by atoms with van der Waals surface area (Å²) in [6.07, 6.45) is 5.45. The van der Waals surface area contributed by atoms with Gasteiger partial charge in [-0.1, -0.05) is 6.08 Å². The third kappa shape index (κ3) is 0.842. The third-order valence-corrected chi connectivity index (χ3v) is 1.40. The second-order valence-electron chi connectivity index (χ2n) is 1.98. The van der Waals surface area contributed by atoms with Gasteiger partial charge in [0.2, 0.25) is 0 Å². The van der Waals surface area contributed by atoms with Crippen molar-refractivity contribution in [3.63, 3.8) is 0 Å². The van der Waals surface area contributed by atoms with Gasteiger partial charge in [-0.3, -0.25) is 0 Å². The molecule has 0 fully saturated rings. The van der Waals surface area contributed by atoms with Crippen LogP contribution in [0.1, 0.15) is 6.42 Å². The highest BCUT2D eigenvalue weighted by Crippen LogP contribution is 2.10. The first kappa shape index (κ1) is 5.63. The molecule has 0 radical (unpaired) electrons. The van der Waals surface area contributed by atoms with Gasteiger partial charge in [-0.2, -0.15) is 0 Å². The SMILES string of the molecule is COC1CC=CN1C. The average Bonchev–Trinajstić information content (AvgIpc) is 2.14. The fraction of sp³-hybridized carbons (Fsp3) is 0.667. The normalized spacial score (nSPS) is 27.2. The maximum Gasteiger partial charge on any atom is 0.132 e. The lowest BCUT2D eigenvalue weighted by Gasteiger charge is -2.17. The largest absolute Gasteiger partial charge is 0.361 e. The van der Waals surface area contributed by atoms with Gasteiger partial charge in [0.15, 0.2) is 0 Å². The highest BCUT2D eigenvalue weighted by atomic mass is 16.5. The van der Waals surface area contributed by atoms with Crippen molar-refractivity contribution in [2.45, 2.75) is 12.6 Å². The molecule has 8 heavy (non-hydrogen) atoms. The van der Waals surface area contributed by atoms with E-state index in [1.807, 2.05) is 13.2 Å². The second-order valence-corrected chi connectivity index (χ2v) is 1.98. The summed E-state index contributed by atoms with van der Waals surface area (Å²) in [5.74, 6) is 0. The lowest BCUT2D eigenvalue weighted by Crippen LogP contribution is -2.23. The van der Waals surface area contributed by atoms with Crippen LogP contribution in [-0.2, 0) is 4.74 Å². The summed E-state index contributed by atoms with van der Waals surface area (Å²) in [7, 11) is 3.74. The molecule has 0 saturated heterocycles. The van der Waals surface area contributed by atoms with E-state index in [0.717, 1.165) is 6.42 Å². The molecule has 0 saturated carbocycles. The van der Waals surface area contributed by atoms with Crippen LogP contribution in [0.3, 0.4) is 0 Å². The van der Waals surface area contributed by atoms with E-state index in [4.69, 9.17) is 4.74 Å². The quantitative estimate of drug-likeness (QED) is 0.499. The Morgan fingerprint density at radius 3 is 2.75 bits per heavy atom. The molecule has 1 unspecified atom stereocenters. The van der Waals surface area contributed by atoms with Crippen molar-refractivity contribution >= 4 is 0 Å². The van der Waals surface area contributed by atoms with Crippen molar-refractivity contribution in [2.24, 2.45) is 0 Å². The van der Waals surface area contributed by atoms with Gasteiger partial charge in [0.25, 0.3) is 0 Å². The molecule has 1 atom stereocenters. The van der Waals surface area contributed by atoms with E-state index in [1.165, 1.54) is 0 Å². The van der Waals surface area contributed by atoms with Crippen LogP contribution in [0.15, 0.2) is 12.3 Å². The first-order valence-electron chi connectivity index (χ1n) is 2.76. The minimum atomic E-state index is 0.287. The Kier molecular flexibility index (Phi) is 1.53. The van der Waals surface area contributed by atoms with Crippen LogP contribution in [-0.4, -0.2) is 25.3 Å². The summed E-state index contributed by atoms with van der Waals surface area (Å²) >= 11 is 0. The predicted octanol–water partition coefficient (Wildman–Crippen LogP) is 0.808. The maximum atomic E-state index is 5.09. The summed E-state index contributed by atoms with van der Waals surface area (Å²) in [4.78, 5) is 2.06. The van der Waals surface area contributed by atoms with Crippen LogP contribution in [0.4, 0.5) is 0 Å². The number of ether oxygens (including phenoxy) is 1. The van der Waals surface area contributed by atoms with Crippen LogP contribution < -0.4 is 0 Å². The van der Waals surface area contributed by atoms with Gasteiger partial charge < -0.3 is 9.64 Å². The van der Waals surface area contributed by atoms with Crippen molar-refractivity contribution in [2.75, 3.05) is 14.2 Å². The Morgan fingerprint density at radius 1 is 1.75 bits per heavy atom. The summed E-state index contributed by atoms with van der Waals surface area (Å²) in [5, 5.41) is 0. The molecule has 0 bridgehead atoms.